The van der Waals surface area contributed by atoms with Crippen molar-refractivity contribution in [1.82, 2.24) is 0 Å². The molecule has 2 aromatic rings. The molecule has 0 radical (unpaired) electrons. The van der Waals surface area contributed by atoms with Crippen LogP contribution in [0.15, 0.2) is 40.9 Å². The summed E-state index contributed by atoms with van der Waals surface area (Å²) >= 11 is 9.69. The minimum absolute atomic E-state index is 0.215. The summed E-state index contributed by atoms with van der Waals surface area (Å²) in [6.45, 7) is 2.33. The van der Waals surface area contributed by atoms with Crippen LogP contribution < -0.4 is 4.74 Å². The Bertz CT molecular complexity index is 619. The lowest BCUT2D eigenvalue weighted by molar-refractivity contribution is 0.336. The lowest BCUT2D eigenvalue weighted by atomic mass is 10.0. The molecule has 0 aromatic heterocycles. The van der Waals surface area contributed by atoms with E-state index < -0.39 is 17.0 Å². The van der Waals surface area contributed by atoms with Crippen LogP contribution in [-0.2, 0) is 0 Å². The number of ether oxygens (including phenoxy) is 1. The summed E-state index contributed by atoms with van der Waals surface area (Å²) in [7, 11) is 0. The Balaban J connectivity index is 2.46. The first kappa shape index (κ1) is 15.3. The molecule has 0 heterocycles. The maximum absolute atomic E-state index is 13.8. The minimum Gasteiger partial charge on any atom is -0.494 e. The van der Waals surface area contributed by atoms with Crippen LogP contribution in [0.3, 0.4) is 0 Å². The van der Waals surface area contributed by atoms with E-state index >= 15 is 0 Å². The summed E-state index contributed by atoms with van der Waals surface area (Å²) in [5.41, 5.74) is 0.848. The van der Waals surface area contributed by atoms with E-state index in [2.05, 4.69) is 15.9 Å². The Hall–Kier alpha value is -1.13. The Morgan fingerprint density at radius 1 is 1.15 bits per heavy atom. The number of alkyl halides is 1. The average Bonchev–Trinajstić information content (AvgIpc) is 2.40. The van der Waals surface area contributed by atoms with E-state index in [1.807, 2.05) is 13.0 Å². The maximum Gasteiger partial charge on any atom is 0.131 e. The number of hydrogen-bond acceptors (Lipinski definition) is 1. The second kappa shape index (κ2) is 6.55. The predicted octanol–water partition coefficient (Wildman–Crippen LogP) is 5.45. The van der Waals surface area contributed by atoms with E-state index in [1.165, 1.54) is 12.1 Å². The number of rotatable bonds is 4. The van der Waals surface area contributed by atoms with Gasteiger partial charge in [-0.15, -0.1) is 11.6 Å². The lowest BCUT2D eigenvalue weighted by Crippen LogP contribution is -2.02. The third-order valence-electron chi connectivity index (χ3n) is 2.78. The van der Waals surface area contributed by atoms with Gasteiger partial charge in [0, 0.05) is 21.7 Å². The molecule has 106 valence electrons. The van der Waals surface area contributed by atoms with Crippen LogP contribution in [-0.4, -0.2) is 6.61 Å². The lowest BCUT2D eigenvalue weighted by Gasteiger charge is -2.16. The van der Waals surface area contributed by atoms with Crippen LogP contribution in [0, 0.1) is 11.6 Å². The van der Waals surface area contributed by atoms with Gasteiger partial charge in [-0.2, -0.15) is 0 Å². The molecule has 20 heavy (non-hydrogen) atoms. The van der Waals surface area contributed by atoms with Crippen LogP contribution in [0.1, 0.15) is 23.4 Å². The molecular weight excluding hydrogens is 350 g/mol. The van der Waals surface area contributed by atoms with Gasteiger partial charge >= 0.3 is 0 Å². The van der Waals surface area contributed by atoms with E-state index in [9.17, 15) is 8.78 Å². The van der Waals surface area contributed by atoms with Crippen molar-refractivity contribution in [1.29, 1.82) is 0 Å². The summed E-state index contributed by atoms with van der Waals surface area (Å²) in [5.74, 6) is -0.721. The fourth-order valence-electron chi connectivity index (χ4n) is 1.88. The van der Waals surface area contributed by atoms with Crippen molar-refractivity contribution in [2.45, 2.75) is 12.3 Å². The molecule has 0 saturated carbocycles. The molecule has 0 aliphatic carbocycles. The normalized spacial score (nSPS) is 12.2. The van der Waals surface area contributed by atoms with Crippen molar-refractivity contribution < 1.29 is 13.5 Å². The molecule has 0 bridgehead atoms. The van der Waals surface area contributed by atoms with Gasteiger partial charge in [0.05, 0.1) is 12.0 Å². The quantitative estimate of drug-likeness (QED) is 0.658. The van der Waals surface area contributed by atoms with Crippen molar-refractivity contribution in [2.75, 3.05) is 6.61 Å². The number of hydrogen-bond donors (Lipinski definition) is 0. The van der Waals surface area contributed by atoms with Gasteiger partial charge < -0.3 is 4.74 Å². The molecule has 0 fully saturated rings. The van der Waals surface area contributed by atoms with Crippen LogP contribution in [0.2, 0.25) is 0 Å². The van der Waals surface area contributed by atoms with Crippen LogP contribution >= 0.6 is 27.5 Å². The molecule has 0 spiro atoms. The first-order valence-electron chi connectivity index (χ1n) is 6.04. The van der Waals surface area contributed by atoms with Crippen molar-refractivity contribution >= 4 is 27.5 Å². The van der Waals surface area contributed by atoms with Gasteiger partial charge in [-0.1, -0.05) is 22.0 Å². The van der Waals surface area contributed by atoms with E-state index in [-0.39, 0.29) is 5.56 Å². The molecule has 0 aliphatic rings. The van der Waals surface area contributed by atoms with E-state index in [0.717, 1.165) is 10.5 Å². The van der Waals surface area contributed by atoms with Gasteiger partial charge in [0.25, 0.3) is 0 Å². The van der Waals surface area contributed by atoms with Crippen molar-refractivity contribution in [3.63, 3.8) is 0 Å². The van der Waals surface area contributed by atoms with Crippen LogP contribution in [0.25, 0.3) is 0 Å². The maximum atomic E-state index is 13.8. The summed E-state index contributed by atoms with van der Waals surface area (Å²) in [5, 5.41) is -0.755. The first-order chi connectivity index (χ1) is 9.52. The van der Waals surface area contributed by atoms with Gasteiger partial charge in [0.1, 0.15) is 17.4 Å². The molecule has 0 aliphatic heterocycles. The van der Waals surface area contributed by atoms with E-state index in [1.54, 1.807) is 12.1 Å². The largest absolute Gasteiger partial charge is 0.494 e. The van der Waals surface area contributed by atoms with Gasteiger partial charge in [-0.25, -0.2) is 8.78 Å². The highest BCUT2D eigenvalue weighted by Gasteiger charge is 2.20. The summed E-state index contributed by atoms with van der Waals surface area (Å²) in [6.07, 6.45) is 0. The Labute approximate surface area is 129 Å². The standard InChI is InChI=1S/C15H12BrClF2O/c1-2-20-14-6-3-9(16)7-12(14)15(17)11-5-4-10(18)8-13(11)19/h3-8,15H,2H2,1H3. The number of halogens is 4. The Morgan fingerprint density at radius 2 is 1.90 bits per heavy atom. The molecule has 2 aromatic carbocycles. The molecule has 0 saturated heterocycles. The first-order valence-corrected chi connectivity index (χ1v) is 7.27. The zero-order valence-electron chi connectivity index (χ0n) is 10.7. The van der Waals surface area contributed by atoms with Crippen LogP contribution in [0.5, 0.6) is 5.75 Å². The SMILES string of the molecule is CCOc1ccc(Br)cc1C(Cl)c1ccc(F)cc1F. The third-order valence-corrected chi connectivity index (χ3v) is 3.74. The molecule has 1 unspecified atom stereocenters. The predicted molar refractivity (Wildman–Crippen MR) is 79.4 cm³/mol. The van der Waals surface area contributed by atoms with Gasteiger partial charge in [-0.3, -0.25) is 0 Å². The molecule has 2 rings (SSSR count). The van der Waals surface area contributed by atoms with Gasteiger partial charge in [-0.05, 0) is 31.2 Å². The van der Waals surface area contributed by atoms with E-state index in [0.29, 0.717) is 17.9 Å². The topological polar surface area (TPSA) is 9.23 Å². The van der Waals surface area contributed by atoms with Crippen molar-refractivity contribution in [2.24, 2.45) is 0 Å². The molecule has 5 heteroatoms. The highest BCUT2D eigenvalue weighted by Crippen LogP contribution is 2.37. The fraction of sp³-hybridized carbons (Fsp3) is 0.200. The Kier molecular flexibility index (Phi) is 5.00. The molecular formula is C15H12BrClF2O. The van der Waals surface area contributed by atoms with Crippen molar-refractivity contribution in [3.05, 3.63) is 63.6 Å². The molecule has 1 nitrogen and oxygen atoms in total. The van der Waals surface area contributed by atoms with Crippen molar-refractivity contribution in [3.8, 4) is 5.75 Å². The fourth-order valence-corrected chi connectivity index (χ4v) is 2.61. The van der Waals surface area contributed by atoms with E-state index in [4.69, 9.17) is 16.3 Å². The smallest absolute Gasteiger partial charge is 0.131 e. The molecule has 1 atom stereocenters. The zero-order chi connectivity index (χ0) is 14.7. The second-order valence-electron chi connectivity index (χ2n) is 4.14. The zero-order valence-corrected chi connectivity index (χ0v) is 13.0. The highest BCUT2D eigenvalue weighted by molar-refractivity contribution is 9.10. The molecule has 0 amide bonds. The molecule has 0 N–H and O–H groups in total. The third kappa shape index (κ3) is 3.30. The second-order valence-corrected chi connectivity index (χ2v) is 5.50. The number of benzene rings is 2. The monoisotopic (exact) mass is 360 g/mol. The average molecular weight is 362 g/mol. The minimum atomic E-state index is -0.755. The summed E-state index contributed by atoms with van der Waals surface area (Å²) in [4.78, 5) is 0. The summed E-state index contributed by atoms with van der Waals surface area (Å²) < 4.78 is 33.1. The van der Waals surface area contributed by atoms with Gasteiger partial charge in [0.15, 0.2) is 0 Å². The summed E-state index contributed by atoms with van der Waals surface area (Å²) in [6, 6.07) is 8.71. The Morgan fingerprint density at radius 3 is 2.55 bits per heavy atom. The van der Waals surface area contributed by atoms with Crippen LogP contribution in [0.4, 0.5) is 8.78 Å². The highest BCUT2D eigenvalue weighted by atomic mass is 79.9. The van der Waals surface area contributed by atoms with Gasteiger partial charge in [0.2, 0.25) is 0 Å².